The van der Waals surface area contributed by atoms with E-state index in [4.69, 9.17) is 28.2 Å². The number of aromatic nitrogens is 4. The number of carbonyl (C=O) groups is 1. The lowest BCUT2D eigenvalue weighted by Crippen LogP contribution is -2.49. The Bertz CT molecular complexity index is 1350. The number of rotatable bonds is 6. The van der Waals surface area contributed by atoms with E-state index in [0.29, 0.717) is 59.6 Å². The van der Waals surface area contributed by atoms with E-state index in [1.165, 1.54) is 0 Å². The Morgan fingerprint density at radius 2 is 1.71 bits per heavy atom. The van der Waals surface area contributed by atoms with Gasteiger partial charge in [0, 0.05) is 48.9 Å². The van der Waals surface area contributed by atoms with Gasteiger partial charge in [-0.05, 0) is 42.8 Å². The van der Waals surface area contributed by atoms with Crippen LogP contribution in [0.4, 0.5) is 5.82 Å². The number of hydrogen-bond donors (Lipinski definition) is 0. The van der Waals surface area contributed by atoms with Crippen LogP contribution >= 0.6 is 23.2 Å². The Morgan fingerprint density at radius 1 is 0.971 bits per heavy atom. The number of fused-ring (bicyclic) bond motifs is 1. The first-order chi connectivity index (χ1) is 17.1. The number of imidazole rings is 1. The van der Waals surface area contributed by atoms with E-state index in [9.17, 15) is 4.79 Å². The second-order valence-electron chi connectivity index (χ2n) is 8.57. The zero-order valence-electron chi connectivity index (χ0n) is 19.5. The van der Waals surface area contributed by atoms with Crippen LogP contribution < -0.4 is 4.90 Å². The zero-order valence-corrected chi connectivity index (χ0v) is 21.0. The van der Waals surface area contributed by atoms with Gasteiger partial charge in [0.1, 0.15) is 12.2 Å². The quantitative estimate of drug-likeness (QED) is 0.337. The summed E-state index contributed by atoms with van der Waals surface area (Å²) in [7, 11) is 0. The van der Waals surface area contributed by atoms with Gasteiger partial charge in [-0.3, -0.25) is 9.36 Å². The molecule has 0 bridgehead atoms. The molecule has 0 unspecified atom stereocenters. The Balaban J connectivity index is 1.56. The lowest BCUT2D eigenvalue weighted by Gasteiger charge is -2.35. The molecule has 3 heterocycles. The third kappa shape index (κ3) is 4.70. The number of nitrogens with zero attached hydrogens (tertiary/aromatic N) is 6. The minimum Gasteiger partial charge on any atom is -0.351 e. The lowest BCUT2D eigenvalue weighted by molar-refractivity contribution is -0.131. The van der Waals surface area contributed by atoms with Gasteiger partial charge in [0.15, 0.2) is 17.0 Å². The molecule has 2 aromatic carbocycles. The molecule has 0 atom stereocenters. The molecule has 0 radical (unpaired) electrons. The average Bonchev–Trinajstić information content (AvgIpc) is 3.27. The zero-order chi connectivity index (χ0) is 24.4. The van der Waals surface area contributed by atoms with Crippen LogP contribution in [0.1, 0.15) is 26.2 Å². The fraction of sp³-hybridized carbons (Fsp3) is 0.308. The van der Waals surface area contributed by atoms with E-state index in [2.05, 4.69) is 21.8 Å². The molecule has 1 fully saturated rings. The van der Waals surface area contributed by atoms with Gasteiger partial charge in [0.25, 0.3) is 0 Å². The maximum Gasteiger partial charge on any atom is 0.222 e. The smallest absolute Gasteiger partial charge is 0.222 e. The first-order valence-corrected chi connectivity index (χ1v) is 12.6. The highest BCUT2D eigenvalue weighted by molar-refractivity contribution is 6.33. The molecule has 0 spiro atoms. The second kappa shape index (κ2) is 10.2. The monoisotopic (exact) mass is 508 g/mol. The van der Waals surface area contributed by atoms with Crippen molar-refractivity contribution in [1.29, 1.82) is 0 Å². The molecular weight excluding hydrogens is 483 g/mol. The molecule has 1 saturated heterocycles. The van der Waals surface area contributed by atoms with E-state index in [1.54, 1.807) is 6.33 Å². The van der Waals surface area contributed by atoms with E-state index in [1.807, 2.05) is 58.0 Å². The highest BCUT2D eigenvalue weighted by atomic mass is 35.5. The van der Waals surface area contributed by atoms with Crippen LogP contribution in [0.25, 0.3) is 28.2 Å². The van der Waals surface area contributed by atoms with Crippen molar-refractivity contribution in [1.82, 2.24) is 24.4 Å². The number of anilines is 1. The number of amides is 1. The van der Waals surface area contributed by atoms with Crippen molar-refractivity contribution in [3.05, 3.63) is 64.9 Å². The van der Waals surface area contributed by atoms with Crippen molar-refractivity contribution < 1.29 is 4.79 Å². The minimum atomic E-state index is 0.229. The summed E-state index contributed by atoms with van der Waals surface area (Å²) in [5.41, 5.74) is 3.07. The summed E-state index contributed by atoms with van der Waals surface area (Å²) < 4.78 is 1.99. The summed E-state index contributed by atoms with van der Waals surface area (Å²) in [5, 5.41) is 1.26. The third-order valence-electron chi connectivity index (χ3n) is 6.30. The highest BCUT2D eigenvalue weighted by Gasteiger charge is 2.26. The Morgan fingerprint density at radius 3 is 2.43 bits per heavy atom. The van der Waals surface area contributed by atoms with E-state index < -0.39 is 0 Å². The fourth-order valence-corrected chi connectivity index (χ4v) is 4.77. The summed E-state index contributed by atoms with van der Waals surface area (Å²) in [5.74, 6) is 1.67. The number of benzene rings is 2. The van der Waals surface area contributed by atoms with Crippen molar-refractivity contribution in [2.45, 2.75) is 26.2 Å². The molecule has 5 rings (SSSR count). The van der Waals surface area contributed by atoms with Gasteiger partial charge in [-0.15, -0.1) is 0 Å². The summed E-state index contributed by atoms with van der Waals surface area (Å²) in [6.07, 6.45) is 4.13. The van der Waals surface area contributed by atoms with Gasteiger partial charge in [-0.1, -0.05) is 48.7 Å². The molecular formula is C26H26Cl2N6O. The van der Waals surface area contributed by atoms with E-state index >= 15 is 0 Å². The summed E-state index contributed by atoms with van der Waals surface area (Å²) in [4.78, 5) is 30.8. The van der Waals surface area contributed by atoms with Gasteiger partial charge >= 0.3 is 0 Å². The molecule has 2 aromatic heterocycles. The normalized spacial score (nSPS) is 14.0. The predicted octanol–water partition coefficient (Wildman–Crippen LogP) is 5.63. The van der Waals surface area contributed by atoms with Gasteiger partial charge in [-0.2, -0.15) is 0 Å². The fourth-order valence-electron chi connectivity index (χ4n) is 4.42. The Kier molecular flexibility index (Phi) is 6.88. The van der Waals surface area contributed by atoms with E-state index in [-0.39, 0.29) is 5.91 Å². The molecule has 9 heteroatoms. The molecule has 1 aliphatic heterocycles. The summed E-state index contributed by atoms with van der Waals surface area (Å²) in [6.45, 7) is 4.83. The first kappa shape index (κ1) is 23.6. The minimum absolute atomic E-state index is 0.229. The van der Waals surface area contributed by atoms with Crippen LogP contribution in [0.3, 0.4) is 0 Å². The number of unbranched alkanes of at least 4 members (excludes halogenated alkanes) is 1. The van der Waals surface area contributed by atoms with Crippen LogP contribution in [0, 0.1) is 0 Å². The largest absolute Gasteiger partial charge is 0.351 e. The maximum absolute atomic E-state index is 12.5. The molecule has 4 aromatic rings. The van der Waals surface area contributed by atoms with Gasteiger partial charge in [0.2, 0.25) is 5.91 Å². The van der Waals surface area contributed by atoms with Crippen molar-refractivity contribution in [2.75, 3.05) is 31.1 Å². The van der Waals surface area contributed by atoms with Crippen LogP contribution in [0.2, 0.25) is 10.0 Å². The van der Waals surface area contributed by atoms with Crippen LogP contribution in [-0.4, -0.2) is 56.5 Å². The molecule has 1 aliphatic rings. The van der Waals surface area contributed by atoms with Gasteiger partial charge in [0.05, 0.1) is 5.02 Å². The number of piperazine rings is 1. The van der Waals surface area contributed by atoms with Crippen LogP contribution in [0.15, 0.2) is 54.9 Å². The van der Waals surface area contributed by atoms with E-state index in [0.717, 1.165) is 29.9 Å². The topological polar surface area (TPSA) is 67.2 Å². The average molecular weight is 509 g/mol. The van der Waals surface area contributed by atoms with Crippen LogP contribution in [0.5, 0.6) is 0 Å². The van der Waals surface area contributed by atoms with Crippen molar-refractivity contribution in [3.8, 4) is 17.1 Å². The third-order valence-corrected chi connectivity index (χ3v) is 6.88. The molecule has 0 N–H and O–H groups in total. The highest BCUT2D eigenvalue weighted by Crippen LogP contribution is 2.35. The summed E-state index contributed by atoms with van der Waals surface area (Å²) in [6, 6.07) is 15.2. The second-order valence-corrected chi connectivity index (χ2v) is 9.41. The molecule has 0 saturated carbocycles. The molecule has 0 aliphatic carbocycles. The molecule has 180 valence electrons. The Labute approximate surface area is 214 Å². The standard InChI is InChI=1S/C26H26Cl2N6O/c1-2-3-8-22(35)32-13-15-33(16-14-32)25-23-26(30-17-29-25)34(19-11-9-18(27)10-12-19)24(31-23)20-6-4-5-7-21(20)28/h4-7,9-12,17H,2-3,8,13-16H2,1H3. The number of hydrogen-bond acceptors (Lipinski definition) is 5. The first-order valence-electron chi connectivity index (χ1n) is 11.8. The molecule has 7 nitrogen and oxygen atoms in total. The van der Waals surface area contributed by atoms with Crippen LogP contribution in [-0.2, 0) is 4.79 Å². The Hall–Kier alpha value is -3.16. The molecule has 35 heavy (non-hydrogen) atoms. The number of carbonyl (C=O) groups excluding carboxylic acids is 1. The van der Waals surface area contributed by atoms with Gasteiger partial charge < -0.3 is 9.80 Å². The number of halogens is 2. The SMILES string of the molecule is CCCCC(=O)N1CCN(c2ncnc3c2nc(-c2ccccc2Cl)n3-c2ccc(Cl)cc2)CC1. The van der Waals surface area contributed by atoms with Gasteiger partial charge in [-0.25, -0.2) is 15.0 Å². The molecule has 1 amide bonds. The predicted molar refractivity (Wildman–Crippen MR) is 140 cm³/mol. The van der Waals surface area contributed by atoms with Crippen molar-refractivity contribution in [2.24, 2.45) is 0 Å². The van der Waals surface area contributed by atoms with Crippen molar-refractivity contribution in [3.63, 3.8) is 0 Å². The lowest BCUT2D eigenvalue weighted by atomic mass is 10.2. The maximum atomic E-state index is 12.5. The summed E-state index contributed by atoms with van der Waals surface area (Å²) >= 11 is 12.7. The van der Waals surface area contributed by atoms with Crippen molar-refractivity contribution >= 4 is 46.1 Å².